The third-order valence-corrected chi connectivity index (χ3v) is 2.52. The van der Waals surface area contributed by atoms with E-state index in [-0.39, 0.29) is 17.0 Å². The average molecular weight is 265 g/mol. The lowest BCUT2D eigenvalue weighted by atomic mass is 10.0. The molecule has 2 rings (SSSR count). The minimum atomic E-state index is -1.03. The molecular formula is C14H10F3NO. The highest BCUT2D eigenvalue weighted by Crippen LogP contribution is 2.29. The molecule has 0 aliphatic rings. The first-order valence-electron chi connectivity index (χ1n) is 5.50. The second kappa shape index (κ2) is 5.14. The first kappa shape index (κ1) is 13.1. The van der Waals surface area contributed by atoms with Crippen LogP contribution >= 0.6 is 0 Å². The number of anilines is 1. The van der Waals surface area contributed by atoms with Gasteiger partial charge in [-0.2, -0.15) is 0 Å². The molecule has 0 aliphatic heterocycles. The minimum absolute atomic E-state index is 0.280. The molecule has 19 heavy (non-hydrogen) atoms. The molecule has 0 saturated heterocycles. The summed E-state index contributed by atoms with van der Waals surface area (Å²) >= 11 is 0. The van der Waals surface area contributed by atoms with Crippen LogP contribution in [0.4, 0.5) is 18.9 Å². The van der Waals surface area contributed by atoms with Gasteiger partial charge in [-0.25, -0.2) is 13.2 Å². The van der Waals surface area contributed by atoms with Gasteiger partial charge < -0.3 is 5.32 Å². The highest BCUT2D eigenvalue weighted by Gasteiger charge is 2.10. The van der Waals surface area contributed by atoms with Gasteiger partial charge >= 0.3 is 0 Å². The first-order valence-corrected chi connectivity index (χ1v) is 5.50. The average Bonchev–Trinajstić information content (AvgIpc) is 2.34. The van der Waals surface area contributed by atoms with E-state index in [1.54, 1.807) is 0 Å². The fourth-order valence-corrected chi connectivity index (χ4v) is 1.72. The monoisotopic (exact) mass is 265 g/mol. The maximum absolute atomic E-state index is 13.3. The van der Waals surface area contributed by atoms with Crippen molar-refractivity contribution in [2.24, 2.45) is 0 Å². The standard InChI is InChI=1S/C14H10F3NO/c1-8(19)18-14-5-3-10(15)7-11(14)9-2-4-12(16)13(17)6-9/h2-7H,1H3,(H,18,19). The second-order valence-corrected chi connectivity index (χ2v) is 4.00. The number of nitrogens with one attached hydrogen (secondary N) is 1. The summed E-state index contributed by atoms with van der Waals surface area (Å²) < 4.78 is 39.4. The van der Waals surface area contributed by atoms with E-state index in [9.17, 15) is 18.0 Å². The van der Waals surface area contributed by atoms with Crippen LogP contribution in [0.3, 0.4) is 0 Å². The van der Waals surface area contributed by atoms with Crippen molar-refractivity contribution in [3.05, 3.63) is 53.8 Å². The molecule has 1 amide bonds. The fourth-order valence-electron chi connectivity index (χ4n) is 1.72. The Hall–Kier alpha value is -2.30. The predicted octanol–water partition coefficient (Wildman–Crippen LogP) is 3.73. The van der Waals surface area contributed by atoms with Gasteiger partial charge in [0, 0.05) is 18.2 Å². The molecule has 0 bridgehead atoms. The lowest BCUT2D eigenvalue weighted by Gasteiger charge is -2.10. The normalized spacial score (nSPS) is 10.3. The maximum atomic E-state index is 13.3. The van der Waals surface area contributed by atoms with Crippen LogP contribution in [0.5, 0.6) is 0 Å². The van der Waals surface area contributed by atoms with E-state index in [1.807, 2.05) is 0 Å². The summed E-state index contributed by atoms with van der Waals surface area (Å²) in [7, 11) is 0. The molecule has 2 aromatic rings. The number of halogens is 3. The zero-order valence-electron chi connectivity index (χ0n) is 10.0. The predicted molar refractivity (Wildman–Crippen MR) is 66.1 cm³/mol. The summed E-state index contributed by atoms with van der Waals surface area (Å²) in [4.78, 5) is 11.1. The van der Waals surface area contributed by atoms with Gasteiger partial charge in [-0.05, 0) is 35.9 Å². The maximum Gasteiger partial charge on any atom is 0.221 e. The molecule has 0 unspecified atom stereocenters. The van der Waals surface area contributed by atoms with Crippen LogP contribution < -0.4 is 5.32 Å². The molecular weight excluding hydrogens is 255 g/mol. The number of benzene rings is 2. The van der Waals surface area contributed by atoms with Gasteiger partial charge in [0.15, 0.2) is 11.6 Å². The van der Waals surface area contributed by atoms with Crippen molar-refractivity contribution in [3.8, 4) is 11.1 Å². The van der Waals surface area contributed by atoms with Crippen LogP contribution in [0.1, 0.15) is 6.92 Å². The third kappa shape index (κ3) is 2.93. The van der Waals surface area contributed by atoms with Crippen LogP contribution in [0, 0.1) is 17.5 Å². The van der Waals surface area contributed by atoms with Crippen LogP contribution in [0.2, 0.25) is 0 Å². The molecule has 0 aliphatic carbocycles. The van der Waals surface area contributed by atoms with Crippen molar-refractivity contribution in [2.45, 2.75) is 6.92 Å². The molecule has 0 aromatic heterocycles. The third-order valence-electron chi connectivity index (χ3n) is 2.52. The number of carbonyl (C=O) groups is 1. The molecule has 2 aromatic carbocycles. The van der Waals surface area contributed by atoms with Gasteiger partial charge in [-0.3, -0.25) is 4.79 Å². The highest BCUT2D eigenvalue weighted by atomic mass is 19.2. The minimum Gasteiger partial charge on any atom is -0.326 e. The number of amides is 1. The first-order chi connectivity index (χ1) is 8.97. The summed E-state index contributed by atoms with van der Waals surface area (Å²) in [5.74, 6) is -2.89. The van der Waals surface area contributed by atoms with E-state index in [0.29, 0.717) is 5.69 Å². The Morgan fingerprint density at radius 2 is 1.74 bits per heavy atom. The van der Waals surface area contributed by atoms with Gasteiger partial charge in [0.05, 0.1) is 0 Å². The van der Waals surface area contributed by atoms with Crippen LogP contribution in [-0.4, -0.2) is 5.91 Å². The molecule has 0 spiro atoms. The van der Waals surface area contributed by atoms with Gasteiger partial charge in [0.2, 0.25) is 5.91 Å². The van der Waals surface area contributed by atoms with E-state index in [1.165, 1.54) is 25.1 Å². The molecule has 0 radical (unpaired) electrons. The van der Waals surface area contributed by atoms with Crippen molar-refractivity contribution >= 4 is 11.6 Å². The van der Waals surface area contributed by atoms with Crippen LogP contribution in [0.25, 0.3) is 11.1 Å². The Kier molecular flexibility index (Phi) is 3.55. The summed E-state index contributed by atoms with van der Waals surface area (Å²) in [6, 6.07) is 6.92. The quantitative estimate of drug-likeness (QED) is 0.880. The number of hydrogen-bond acceptors (Lipinski definition) is 1. The van der Waals surface area contributed by atoms with Crippen molar-refractivity contribution < 1.29 is 18.0 Å². The molecule has 2 nitrogen and oxygen atoms in total. The second-order valence-electron chi connectivity index (χ2n) is 4.00. The molecule has 0 fully saturated rings. The van der Waals surface area contributed by atoms with Gasteiger partial charge in [-0.1, -0.05) is 6.07 Å². The summed E-state index contributed by atoms with van der Waals surface area (Å²) in [6.07, 6.45) is 0. The van der Waals surface area contributed by atoms with Crippen LogP contribution in [0.15, 0.2) is 36.4 Å². The van der Waals surface area contributed by atoms with E-state index in [0.717, 1.165) is 18.2 Å². The van der Waals surface area contributed by atoms with Crippen molar-refractivity contribution in [1.29, 1.82) is 0 Å². The van der Waals surface area contributed by atoms with E-state index in [2.05, 4.69) is 5.32 Å². The number of rotatable bonds is 2. The number of carbonyl (C=O) groups excluding carboxylic acids is 1. The lowest BCUT2D eigenvalue weighted by molar-refractivity contribution is -0.114. The molecule has 0 heterocycles. The topological polar surface area (TPSA) is 29.1 Å². The van der Waals surface area contributed by atoms with Crippen molar-refractivity contribution in [1.82, 2.24) is 0 Å². The smallest absolute Gasteiger partial charge is 0.221 e. The largest absolute Gasteiger partial charge is 0.326 e. The van der Waals surface area contributed by atoms with Gasteiger partial charge in [-0.15, -0.1) is 0 Å². The summed E-state index contributed by atoms with van der Waals surface area (Å²) in [5, 5.41) is 2.51. The Morgan fingerprint density at radius 1 is 1.00 bits per heavy atom. The molecule has 1 N–H and O–H groups in total. The Labute approximate surface area is 107 Å². The van der Waals surface area contributed by atoms with Crippen molar-refractivity contribution in [2.75, 3.05) is 5.32 Å². The Balaban J connectivity index is 2.55. The van der Waals surface area contributed by atoms with E-state index >= 15 is 0 Å². The van der Waals surface area contributed by atoms with Gasteiger partial charge in [0.25, 0.3) is 0 Å². The van der Waals surface area contributed by atoms with E-state index in [4.69, 9.17) is 0 Å². The molecule has 0 saturated carbocycles. The number of hydrogen-bond donors (Lipinski definition) is 1. The van der Waals surface area contributed by atoms with Crippen molar-refractivity contribution in [3.63, 3.8) is 0 Å². The summed E-state index contributed by atoms with van der Waals surface area (Å²) in [5.41, 5.74) is 0.899. The summed E-state index contributed by atoms with van der Waals surface area (Å²) in [6.45, 7) is 1.30. The molecule has 98 valence electrons. The van der Waals surface area contributed by atoms with E-state index < -0.39 is 17.5 Å². The van der Waals surface area contributed by atoms with Crippen LogP contribution in [-0.2, 0) is 4.79 Å². The zero-order chi connectivity index (χ0) is 14.0. The fraction of sp³-hybridized carbons (Fsp3) is 0.0714. The lowest BCUT2D eigenvalue weighted by Crippen LogP contribution is -2.07. The molecule has 0 atom stereocenters. The molecule has 5 heteroatoms. The zero-order valence-corrected chi connectivity index (χ0v) is 10.0. The Bertz CT molecular complexity index is 641. The highest BCUT2D eigenvalue weighted by molar-refractivity contribution is 5.94. The SMILES string of the molecule is CC(=O)Nc1ccc(F)cc1-c1ccc(F)c(F)c1. The Morgan fingerprint density at radius 3 is 2.37 bits per heavy atom. The van der Waals surface area contributed by atoms with Gasteiger partial charge in [0.1, 0.15) is 5.82 Å².